The zero-order valence-corrected chi connectivity index (χ0v) is 13.5. The summed E-state index contributed by atoms with van der Waals surface area (Å²) in [6.45, 7) is 3.82. The molecule has 124 valence electrons. The van der Waals surface area contributed by atoms with Gasteiger partial charge in [0.05, 0.1) is 6.04 Å². The molecule has 3 rings (SSSR count). The van der Waals surface area contributed by atoms with Crippen LogP contribution >= 0.6 is 0 Å². The largest absolute Gasteiger partial charge is 0.346 e. The summed E-state index contributed by atoms with van der Waals surface area (Å²) in [6, 6.07) is 7.58. The van der Waals surface area contributed by atoms with E-state index in [0.29, 0.717) is 24.0 Å². The molecule has 8 heteroatoms. The van der Waals surface area contributed by atoms with Gasteiger partial charge in [-0.05, 0) is 19.4 Å². The average Bonchev–Trinajstić information content (AvgIpc) is 3.25. The molecule has 0 aliphatic rings. The molecule has 0 aliphatic heterocycles. The summed E-state index contributed by atoms with van der Waals surface area (Å²) >= 11 is 0. The Morgan fingerprint density at radius 1 is 1.38 bits per heavy atom. The van der Waals surface area contributed by atoms with Crippen LogP contribution in [0.1, 0.15) is 36.7 Å². The Labute approximate surface area is 138 Å². The molecule has 2 aromatic heterocycles. The predicted molar refractivity (Wildman–Crippen MR) is 85.7 cm³/mol. The monoisotopic (exact) mass is 326 g/mol. The summed E-state index contributed by atoms with van der Waals surface area (Å²) in [4.78, 5) is 20.4. The number of H-pyrrole nitrogens is 1. The second-order valence-electron chi connectivity index (χ2n) is 5.49. The number of benzene rings is 1. The van der Waals surface area contributed by atoms with E-state index in [0.717, 1.165) is 11.1 Å². The molecule has 2 heterocycles. The molecule has 0 saturated heterocycles. The maximum absolute atomic E-state index is 12.0. The van der Waals surface area contributed by atoms with E-state index in [4.69, 9.17) is 4.52 Å². The first-order valence-electron chi connectivity index (χ1n) is 7.66. The number of carbonyl (C=O) groups excluding carboxylic acids is 1. The Balaban J connectivity index is 1.56. The van der Waals surface area contributed by atoms with Crippen LogP contribution in [0, 0.1) is 6.92 Å². The topological polar surface area (TPSA) is 110 Å². The van der Waals surface area contributed by atoms with Gasteiger partial charge in [0, 0.05) is 18.4 Å². The third kappa shape index (κ3) is 3.65. The van der Waals surface area contributed by atoms with Crippen LogP contribution in [0.2, 0.25) is 0 Å². The molecule has 1 atom stereocenters. The van der Waals surface area contributed by atoms with Crippen LogP contribution in [0.3, 0.4) is 0 Å². The molecule has 8 nitrogen and oxygen atoms in total. The highest BCUT2D eigenvalue weighted by Crippen LogP contribution is 2.20. The fourth-order valence-electron chi connectivity index (χ4n) is 2.32. The van der Waals surface area contributed by atoms with Crippen LogP contribution in [0.5, 0.6) is 0 Å². The number of aromatic nitrogens is 5. The van der Waals surface area contributed by atoms with Crippen molar-refractivity contribution in [2.75, 3.05) is 0 Å². The zero-order valence-electron chi connectivity index (χ0n) is 13.5. The van der Waals surface area contributed by atoms with Gasteiger partial charge in [-0.2, -0.15) is 10.1 Å². The molecule has 24 heavy (non-hydrogen) atoms. The van der Waals surface area contributed by atoms with Crippen molar-refractivity contribution in [1.82, 2.24) is 30.6 Å². The summed E-state index contributed by atoms with van der Waals surface area (Å²) < 4.78 is 5.23. The zero-order chi connectivity index (χ0) is 16.9. The van der Waals surface area contributed by atoms with Gasteiger partial charge in [-0.3, -0.25) is 9.89 Å². The van der Waals surface area contributed by atoms with Crippen LogP contribution in [0.25, 0.3) is 11.4 Å². The molecular weight excluding hydrogens is 308 g/mol. The van der Waals surface area contributed by atoms with E-state index in [1.54, 1.807) is 0 Å². The van der Waals surface area contributed by atoms with Crippen molar-refractivity contribution < 1.29 is 9.32 Å². The lowest BCUT2D eigenvalue weighted by Gasteiger charge is -2.09. The van der Waals surface area contributed by atoms with Crippen molar-refractivity contribution in [2.45, 2.75) is 32.7 Å². The Morgan fingerprint density at radius 2 is 2.21 bits per heavy atom. The number of hydrogen-bond donors (Lipinski definition) is 2. The molecule has 0 bridgehead atoms. The van der Waals surface area contributed by atoms with Gasteiger partial charge in [0.15, 0.2) is 0 Å². The number of amides is 1. The third-order valence-corrected chi connectivity index (χ3v) is 3.64. The van der Waals surface area contributed by atoms with Gasteiger partial charge in [-0.15, -0.1) is 0 Å². The number of carbonyl (C=O) groups is 1. The smallest absolute Gasteiger partial charge is 0.227 e. The van der Waals surface area contributed by atoms with E-state index in [-0.39, 0.29) is 18.4 Å². The van der Waals surface area contributed by atoms with Crippen molar-refractivity contribution in [2.24, 2.45) is 0 Å². The predicted octanol–water partition coefficient (Wildman–Crippen LogP) is 1.97. The maximum atomic E-state index is 12.0. The lowest BCUT2D eigenvalue weighted by Crippen LogP contribution is -2.27. The first kappa shape index (κ1) is 15.9. The van der Waals surface area contributed by atoms with Crippen LogP contribution in [0.4, 0.5) is 0 Å². The molecule has 0 saturated carbocycles. The van der Waals surface area contributed by atoms with Crippen molar-refractivity contribution in [3.8, 4) is 11.4 Å². The van der Waals surface area contributed by atoms with Crippen LogP contribution < -0.4 is 5.32 Å². The Morgan fingerprint density at radius 3 is 2.96 bits per heavy atom. The number of hydrogen-bond acceptors (Lipinski definition) is 6. The highest BCUT2D eigenvalue weighted by molar-refractivity contribution is 5.76. The quantitative estimate of drug-likeness (QED) is 0.716. The molecule has 0 aliphatic carbocycles. The van der Waals surface area contributed by atoms with Gasteiger partial charge < -0.3 is 9.84 Å². The number of nitrogens with one attached hydrogen (secondary N) is 2. The fraction of sp³-hybridized carbons (Fsp3) is 0.312. The third-order valence-electron chi connectivity index (χ3n) is 3.64. The van der Waals surface area contributed by atoms with Gasteiger partial charge in [-0.1, -0.05) is 29.4 Å². The second-order valence-corrected chi connectivity index (χ2v) is 5.49. The van der Waals surface area contributed by atoms with Gasteiger partial charge in [0.1, 0.15) is 12.2 Å². The van der Waals surface area contributed by atoms with Crippen LogP contribution in [-0.2, 0) is 11.2 Å². The lowest BCUT2D eigenvalue weighted by molar-refractivity contribution is -0.121. The number of nitrogens with zero attached hydrogens (tertiary/aromatic N) is 4. The SMILES string of the molecule is Cc1ccccc1-c1noc(CCC(=O)N[C@@H](C)c2ncn[nH]2)n1. The fourth-order valence-corrected chi connectivity index (χ4v) is 2.32. The van der Waals surface area contributed by atoms with Crippen LogP contribution in [0.15, 0.2) is 35.1 Å². The summed E-state index contributed by atoms with van der Waals surface area (Å²) in [7, 11) is 0. The molecule has 1 amide bonds. The highest BCUT2D eigenvalue weighted by Gasteiger charge is 2.14. The maximum Gasteiger partial charge on any atom is 0.227 e. The molecule has 3 aromatic rings. The van der Waals surface area contributed by atoms with Crippen molar-refractivity contribution in [3.63, 3.8) is 0 Å². The van der Waals surface area contributed by atoms with E-state index in [1.807, 2.05) is 38.1 Å². The minimum absolute atomic E-state index is 0.116. The molecule has 0 spiro atoms. The van der Waals surface area contributed by atoms with Gasteiger partial charge in [-0.25, -0.2) is 4.98 Å². The summed E-state index contributed by atoms with van der Waals surface area (Å²) in [5, 5.41) is 13.3. The van der Waals surface area contributed by atoms with Gasteiger partial charge >= 0.3 is 0 Å². The molecule has 2 N–H and O–H groups in total. The highest BCUT2D eigenvalue weighted by atomic mass is 16.5. The summed E-state index contributed by atoms with van der Waals surface area (Å²) in [5.74, 6) is 1.48. The Bertz CT molecular complexity index is 812. The lowest BCUT2D eigenvalue weighted by atomic mass is 10.1. The molecule has 0 unspecified atom stereocenters. The summed E-state index contributed by atoms with van der Waals surface area (Å²) in [6.07, 6.45) is 2.05. The normalized spacial score (nSPS) is 12.1. The number of aryl methyl sites for hydroxylation is 2. The van der Waals surface area contributed by atoms with Crippen molar-refractivity contribution in [1.29, 1.82) is 0 Å². The van der Waals surface area contributed by atoms with Gasteiger partial charge in [0.2, 0.25) is 17.6 Å². The van der Waals surface area contributed by atoms with Gasteiger partial charge in [0.25, 0.3) is 0 Å². The molecule has 0 fully saturated rings. The van der Waals surface area contributed by atoms with Crippen molar-refractivity contribution >= 4 is 5.91 Å². The van der Waals surface area contributed by atoms with E-state index in [1.165, 1.54) is 6.33 Å². The standard InChI is InChI=1S/C16H18N6O2/c1-10-5-3-4-6-12(10)16-20-14(24-22-16)8-7-13(23)19-11(2)15-17-9-18-21-15/h3-6,9,11H,7-8H2,1-2H3,(H,19,23)(H,17,18,21)/t11-/m0/s1. The Kier molecular flexibility index (Phi) is 4.64. The molecule has 0 radical (unpaired) electrons. The minimum Gasteiger partial charge on any atom is -0.346 e. The van der Waals surface area contributed by atoms with Crippen molar-refractivity contribution in [3.05, 3.63) is 47.9 Å². The van der Waals surface area contributed by atoms with E-state index in [9.17, 15) is 4.79 Å². The minimum atomic E-state index is -0.231. The first-order chi connectivity index (χ1) is 11.6. The van der Waals surface area contributed by atoms with Crippen LogP contribution in [-0.4, -0.2) is 31.2 Å². The van der Waals surface area contributed by atoms with E-state index < -0.39 is 0 Å². The summed E-state index contributed by atoms with van der Waals surface area (Å²) in [5.41, 5.74) is 2.00. The van der Waals surface area contributed by atoms with E-state index >= 15 is 0 Å². The molecular formula is C16H18N6O2. The first-order valence-corrected chi connectivity index (χ1v) is 7.66. The van der Waals surface area contributed by atoms with E-state index in [2.05, 4.69) is 30.6 Å². The second kappa shape index (κ2) is 7.03. The Hall–Kier alpha value is -3.03. The number of aromatic amines is 1. The average molecular weight is 326 g/mol. The molecule has 1 aromatic carbocycles. The number of rotatable bonds is 6.